The number of nitrogens with one attached hydrogen (secondary N) is 1. The van der Waals surface area contributed by atoms with Gasteiger partial charge in [-0.2, -0.15) is 0 Å². The van der Waals surface area contributed by atoms with Gasteiger partial charge in [-0.25, -0.2) is 0 Å². The zero-order chi connectivity index (χ0) is 26.1. The van der Waals surface area contributed by atoms with E-state index in [4.69, 9.17) is 9.47 Å². The molecule has 188 valence electrons. The van der Waals surface area contributed by atoms with E-state index < -0.39 is 0 Å². The molecule has 0 spiro atoms. The van der Waals surface area contributed by atoms with Crippen LogP contribution >= 0.6 is 15.9 Å². The van der Waals surface area contributed by atoms with E-state index in [0.717, 1.165) is 21.2 Å². The lowest BCUT2D eigenvalue weighted by Gasteiger charge is -2.20. The molecule has 1 amide bonds. The Morgan fingerprint density at radius 2 is 1.68 bits per heavy atom. The van der Waals surface area contributed by atoms with Crippen LogP contribution in [0.25, 0.3) is 21.9 Å². The van der Waals surface area contributed by atoms with Crippen LogP contribution in [0.4, 0.5) is 0 Å². The van der Waals surface area contributed by atoms with Crippen molar-refractivity contribution >= 4 is 32.6 Å². The van der Waals surface area contributed by atoms with Gasteiger partial charge in [-0.3, -0.25) is 19.1 Å². The molecule has 3 heterocycles. The summed E-state index contributed by atoms with van der Waals surface area (Å²) in [5.41, 5.74) is 3.29. The second kappa shape index (κ2) is 10.1. The van der Waals surface area contributed by atoms with Crippen molar-refractivity contribution in [3.05, 3.63) is 123 Å². The average molecular weight is 568 g/mol. The van der Waals surface area contributed by atoms with Crippen molar-refractivity contribution < 1.29 is 14.3 Å². The van der Waals surface area contributed by atoms with E-state index in [0.29, 0.717) is 40.1 Å². The highest BCUT2D eigenvalue weighted by Crippen LogP contribution is 2.35. The molecule has 0 radical (unpaired) electrons. The summed E-state index contributed by atoms with van der Waals surface area (Å²) in [7, 11) is 0. The van der Waals surface area contributed by atoms with Crippen LogP contribution in [-0.2, 0) is 13.1 Å². The van der Waals surface area contributed by atoms with Crippen molar-refractivity contribution in [2.24, 2.45) is 0 Å². The molecule has 0 fully saturated rings. The lowest BCUT2D eigenvalue weighted by Crippen LogP contribution is -2.33. The van der Waals surface area contributed by atoms with Gasteiger partial charge in [0, 0.05) is 34.4 Å². The van der Waals surface area contributed by atoms with Gasteiger partial charge in [0.2, 0.25) is 6.79 Å². The van der Waals surface area contributed by atoms with E-state index >= 15 is 0 Å². The minimum atomic E-state index is -0.347. The van der Waals surface area contributed by atoms with Gasteiger partial charge in [0.15, 0.2) is 11.5 Å². The number of rotatable bonds is 6. The summed E-state index contributed by atoms with van der Waals surface area (Å²) >= 11 is 3.55. The third-order valence-corrected chi connectivity index (χ3v) is 6.98. The average Bonchev–Trinajstić information content (AvgIpc) is 3.42. The van der Waals surface area contributed by atoms with Gasteiger partial charge >= 0.3 is 0 Å². The number of nitrogens with zero attached hydrogens (tertiary/aromatic N) is 2. The van der Waals surface area contributed by atoms with Gasteiger partial charge in [0.1, 0.15) is 5.69 Å². The zero-order valence-electron chi connectivity index (χ0n) is 20.2. The highest BCUT2D eigenvalue weighted by molar-refractivity contribution is 9.10. The Morgan fingerprint density at radius 1 is 0.895 bits per heavy atom. The van der Waals surface area contributed by atoms with E-state index in [1.165, 1.54) is 0 Å². The summed E-state index contributed by atoms with van der Waals surface area (Å²) < 4.78 is 13.4. The summed E-state index contributed by atoms with van der Waals surface area (Å²) in [6.45, 7) is 0.633. The van der Waals surface area contributed by atoms with Crippen molar-refractivity contribution in [1.82, 2.24) is 14.9 Å². The fourth-order valence-corrected chi connectivity index (χ4v) is 5.05. The summed E-state index contributed by atoms with van der Waals surface area (Å²) in [5.74, 6) is 0.928. The maximum absolute atomic E-state index is 14.0. The van der Waals surface area contributed by atoms with Gasteiger partial charge in [0.25, 0.3) is 11.5 Å². The lowest BCUT2D eigenvalue weighted by molar-refractivity contribution is 0.0941. The molecule has 1 aliphatic rings. The summed E-state index contributed by atoms with van der Waals surface area (Å²) in [6.07, 6.45) is 3.36. The molecule has 2 aromatic heterocycles. The molecule has 5 aromatic rings. The van der Waals surface area contributed by atoms with Crippen LogP contribution < -0.4 is 20.3 Å². The Balaban J connectivity index is 1.56. The Hall–Kier alpha value is -4.43. The molecule has 0 aliphatic carbocycles. The van der Waals surface area contributed by atoms with Crippen LogP contribution in [-0.4, -0.2) is 22.3 Å². The number of pyridine rings is 2. The summed E-state index contributed by atoms with van der Waals surface area (Å²) in [5, 5.41) is 4.24. The van der Waals surface area contributed by atoms with Crippen LogP contribution in [0.2, 0.25) is 0 Å². The smallest absolute Gasteiger partial charge is 0.268 e. The Kier molecular flexibility index (Phi) is 6.39. The highest BCUT2D eigenvalue weighted by atomic mass is 79.9. The van der Waals surface area contributed by atoms with Gasteiger partial charge in [-0.1, -0.05) is 52.3 Å². The number of amides is 1. The summed E-state index contributed by atoms with van der Waals surface area (Å²) in [4.78, 5) is 32.0. The molecule has 8 heteroatoms. The molecule has 1 aliphatic heterocycles. The second-order valence-corrected chi connectivity index (χ2v) is 9.81. The number of benzene rings is 3. The molecule has 3 aromatic carbocycles. The number of hydrogen-bond acceptors (Lipinski definition) is 5. The van der Waals surface area contributed by atoms with Gasteiger partial charge < -0.3 is 14.8 Å². The standard InChI is InChI=1S/C30H22BrN3O4/c31-22-7-8-23-24(15-22)27(21-4-2-1-3-5-21)28(29(35)33-16-19-10-12-32-13-11-19)34(30(23)36)17-20-6-9-25-26(14-20)38-18-37-25/h1-15H,16-18H2,(H,33,35). The Morgan fingerprint density at radius 3 is 2.50 bits per heavy atom. The first-order valence-corrected chi connectivity index (χ1v) is 12.8. The van der Waals surface area contributed by atoms with Crippen LogP contribution in [0.15, 0.2) is 101 Å². The minimum absolute atomic E-state index is 0.157. The molecular weight excluding hydrogens is 546 g/mol. The number of carbonyl (C=O) groups excluding carboxylic acids is 1. The van der Waals surface area contributed by atoms with Crippen LogP contribution in [0.1, 0.15) is 21.6 Å². The predicted octanol–water partition coefficient (Wildman–Crippen LogP) is 5.53. The van der Waals surface area contributed by atoms with Gasteiger partial charge in [-0.05, 0) is 64.5 Å². The molecular formula is C30H22BrN3O4. The monoisotopic (exact) mass is 567 g/mol. The van der Waals surface area contributed by atoms with Crippen molar-refractivity contribution in [1.29, 1.82) is 0 Å². The highest BCUT2D eigenvalue weighted by Gasteiger charge is 2.24. The Labute approximate surface area is 226 Å². The van der Waals surface area contributed by atoms with Crippen LogP contribution in [0.5, 0.6) is 11.5 Å². The third-order valence-electron chi connectivity index (χ3n) is 6.49. The van der Waals surface area contributed by atoms with Gasteiger partial charge in [0.05, 0.1) is 6.54 Å². The topological polar surface area (TPSA) is 82.5 Å². The SMILES string of the molecule is O=C(NCc1ccncc1)c1c(-c2ccccc2)c2cc(Br)ccc2c(=O)n1Cc1ccc2c(c1)OCO2. The zero-order valence-corrected chi connectivity index (χ0v) is 21.8. The molecule has 6 rings (SSSR count). The number of carbonyl (C=O) groups is 1. The van der Waals surface area contributed by atoms with Crippen molar-refractivity contribution in [2.45, 2.75) is 13.1 Å². The second-order valence-electron chi connectivity index (χ2n) is 8.90. The van der Waals surface area contributed by atoms with Crippen molar-refractivity contribution in [3.8, 4) is 22.6 Å². The Bertz CT molecular complexity index is 1720. The molecule has 0 atom stereocenters. The fraction of sp³-hybridized carbons (Fsp3) is 0.100. The molecule has 0 bridgehead atoms. The molecule has 7 nitrogen and oxygen atoms in total. The number of halogens is 1. The first kappa shape index (κ1) is 23.9. The van der Waals surface area contributed by atoms with Crippen molar-refractivity contribution in [3.63, 3.8) is 0 Å². The van der Waals surface area contributed by atoms with E-state index in [2.05, 4.69) is 26.2 Å². The van der Waals surface area contributed by atoms with E-state index in [-0.39, 0.29) is 24.8 Å². The number of fused-ring (bicyclic) bond motifs is 2. The molecule has 0 saturated heterocycles. The first-order valence-electron chi connectivity index (χ1n) is 12.1. The van der Waals surface area contributed by atoms with Crippen LogP contribution in [0.3, 0.4) is 0 Å². The van der Waals surface area contributed by atoms with E-state index in [1.807, 2.05) is 72.8 Å². The number of aromatic nitrogens is 2. The minimum Gasteiger partial charge on any atom is -0.454 e. The largest absolute Gasteiger partial charge is 0.454 e. The molecule has 38 heavy (non-hydrogen) atoms. The lowest BCUT2D eigenvalue weighted by atomic mass is 9.96. The van der Waals surface area contributed by atoms with Crippen molar-refractivity contribution in [2.75, 3.05) is 6.79 Å². The molecule has 1 N–H and O–H groups in total. The first-order chi connectivity index (χ1) is 18.6. The van der Waals surface area contributed by atoms with E-state index in [9.17, 15) is 9.59 Å². The maximum atomic E-state index is 14.0. The number of hydrogen-bond donors (Lipinski definition) is 1. The normalized spacial score (nSPS) is 12.0. The summed E-state index contributed by atoms with van der Waals surface area (Å²) in [6, 6.07) is 24.4. The third kappa shape index (κ3) is 4.54. The molecule has 0 unspecified atom stereocenters. The maximum Gasteiger partial charge on any atom is 0.268 e. The van der Waals surface area contributed by atoms with E-state index in [1.54, 1.807) is 23.0 Å². The fourth-order valence-electron chi connectivity index (χ4n) is 4.69. The quantitative estimate of drug-likeness (QED) is 0.291. The van der Waals surface area contributed by atoms with Crippen LogP contribution in [0, 0.1) is 0 Å². The predicted molar refractivity (Wildman–Crippen MR) is 148 cm³/mol. The van der Waals surface area contributed by atoms with Gasteiger partial charge in [-0.15, -0.1) is 0 Å². The number of ether oxygens (including phenoxy) is 2. The molecule has 0 saturated carbocycles.